The number of amides is 2. The quantitative estimate of drug-likeness (QED) is 0.300. The third-order valence-electron chi connectivity index (χ3n) is 6.45. The predicted molar refractivity (Wildman–Crippen MR) is 132 cm³/mol. The normalized spacial score (nSPS) is 18.2. The Balaban J connectivity index is 1.61. The minimum Gasteiger partial charge on any atom is -0.383 e. The third-order valence-corrected chi connectivity index (χ3v) is 8.20. The lowest BCUT2D eigenvalue weighted by Gasteiger charge is -2.08. The molecule has 0 aromatic heterocycles. The summed E-state index contributed by atoms with van der Waals surface area (Å²) in [6.45, 7) is 0.504. The molecule has 0 aliphatic heterocycles. The minimum atomic E-state index is -4.34. The van der Waals surface area contributed by atoms with E-state index in [1.807, 2.05) is 0 Å². The topological polar surface area (TPSA) is 179 Å². The number of benzene rings is 2. The molecule has 0 radical (unpaired) electrons. The van der Waals surface area contributed by atoms with E-state index in [0.29, 0.717) is 0 Å². The molecule has 2 aliphatic rings. The maximum Gasteiger partial charge on any atom is 0.239 e. The van der Waals surface area contributed by atoms with Crippen LogP contribution in [0.5, 0.6) is 0 Å². The Hall–Kier alpha value is -4.07. The van der Waals surface area contributed by atoms with Crippen LogP contribution in [0.3, 0.4) is 0 Å². The first kappa shape index (κ1) is 28.0. The lowest BCUT2D eigenvalue weighted by atomic mass is 10.0. The molecule has 2 aromatic rings. The van der Waals surface area contributed by atoms with E-state index < -0.39 is 56.6 Å². The Bertz CT molecular complexity index is 1420. The fraction of sp³-hybridized carbons (Fsp3) is 0.308. The number of ketones is 4. The molecule has 0 saturated heterocycles. The van der Waals surface area contributed by atoms with Crippen molar-refractivity contribution in [3.05, 3.63) is 58.7 Å². The first-order chi connectivity index (χ1) is 18.5. The molecule has 0 spiro atoms. The van der Waals surface area contributed by atoms with Crippen molar-refractivity contribution in [1.29, 1.82) is 0 Å². The van der Waals surface area contributed by atoms with Crippen molar-refractivity contribution in [3.63, 3.8) is 0 Å². The second kappa shape index (κ2) is 11.0. The number of fused-ring (bicyclic) bond motifs is 2. The maximum atomic E-state index is 13.4. The van der Waals surface area contributed by atoms with Crippen LogP contribution in [0.2, 0.25) is 0 Å². The fourth-order valence-electron chi connectivity index (χ4n) is 4.45. The average Bonchev–Trinajstić information content (AvgIpc) is 3.32. The van der Waals surface area contributed by atoms with Crippen LogP contribution < -0.4 is 10.6 Å². The van der Waals surface area contributed by atoms with Gasteiger partial charge in [0, 0.05) is 49.6 Å². The van der Waals surface area contributed by atoms with Gasteiger partial charge in [0.1, 0.15) is 0 Å². The van der Waals surface area contributed by atoms with Gasteiger partial charge < -0.3 is 20.1 Å². The van der Waals surface area contributed by atoms with Crippen molar-refractivity contribution in [2.24, 2.45) is 11.8 Å². The minimum absolute atomic E-state index is 0.0807. The molecular weight excluding hydrogens is 532 g/mol. The third kappa shape index (κ3) is 4.91. The highest BCUT2D eigenvalue weighted by Gasteiger charge is 2.45. The molecule has 2 atom stereocenters. The molecular formula is C26H24N2O10S. The first-order valence-corrected chi connectivity index (χ1v) is 13.3. The number of carbonyl (C=O) groups is 6. The molecule has 0 heterocycles. The van der Waals surface area contributed by atoms with Crippen molar-refractivity contribution in [2.75, 3.05) is 40.5 Å². The molecule has 0 saturated carbocycles. The average molecular weight is 557 g/mol. The van der Waals surface area contributed by atoms with Crippen LogP contribution in [-0.2, 0) is 28.9 Å². The lowest BCUT2D eigenvalue weighted by Crippen LogP contribution is -2.38. The molecule has 39 heavy (non-hydrogen) atoms. The van der Waals surface area contributed by atoms with Crippen molar-refractivity contribution in [2.45, 2.75) is 9.79 Å². The van der Waals surface area contributed by atoms with Gasteiger partial charge in [-0.05, 0) is 36.4 Å². The van der Waals surface area contributed by atoms with Gasteiger partial charge in [-0.3, -0.25) is 28.8 Å². The number of ether oxygens (including phenoxy) is 2. The lowest BCUT2D eigenvalue weighted by molar-refractivity contribution is -0.123. The predicted octanol–water partition coefficient (Wildman–Crippen LogP) is 0.0350. The number of methoxy groups -OCH3 is 2. The van der Waals surface area contributed by atoms with E-state index in [1.54, 1.807) is 0 Å². The zero-order valence-electron chi connectivity index (χ0n) is 20.9. The van der Waals surface area contributed by atoms with Gasteiger partial charge in [0.15, 0.2) is 35.0 Å². The number of sulfone groups is 1. The van der Waals surface area contributed by atoms with Gasteiger partial charge >= 0.3 is 0 Å². The summed E-state index contributed by atoms with van der Waals surface area (Å²) in [7, 11) is -1.49. The van der Waals surface area contributed by atoms with Gasteiger partial charge in [-0.1, -0.05) is 0 Å². The van der Waals surface area contributed by atoms with Crippen LogP contribution in [0.4, 0.5) is 0 Å². The number of Topliss-reactive ketones (excluding diaryl/α,β-unsaturated/α-hetero) is 4. The van der Waals surface area contributed by atoms with Gasteiger partial charge in [0.25, 0.3) is 0 Å². The number of hydrogen-bond acceptors (Lipinski definition) is 10. The molecule has 0 bridgehead atoms. The van der Waals surface area contributed by atoms with Crippen LogP contribution in [0.25, 0.3) is 0 Å². The standard InChI is InChI=1S/C26H24N2O10S/c1-37-9-7-27-25(33)19-21(29)15-5-3-13(11-17(15)23(19)31)39(35,36)14-4-6-16-18(12-14)24(32)20(22(16)30)26(34)28-8-10-38-2/h3-6,11-12,19-20H,7-10H2,1-2H3,(H,27,33)(H,28,34). The highest BCUT2D eigenvalue weighted by Crippen LogP contribution is 2.34. The van der Waals surface area contributed by atoms with Crippen molar-refractivity contribution in [3.8, 4) is 0 Å². The van der Waals surface area contributed by atoms with Crippen LogP contribution in [0.1, 0.15) is 41.4 Å². The van der Waals surface area contributed by atoms with Gasteiger partial charge in [0.2, 0.25) is 21.7 Å². The molecule has 13 heteroatoms. The SMILES string of the molecule is COCCNC(=O)C1C(=O)c2ccc(S(=O)(=O)c3ccc4c(c3)C(=O)C(C(=O)NCCOC)C4=O)cc2C1=O. The van der Waals surface area contributed by atoms with Gasteiger partial charge in [-0.15, -0.1) is 0 Å². The number of rotatable bonds is 10. The zero-order valence-corrected chi connectivity index (χ0v) is 21.8. The highest BCUT2D eigenvalue weighted by atomic mass is 32.2. The highest BCUT2D eigenvalue weighted by molar-refractivity contribution is 7.91. The van der Waals surface area contributed by atoms with E-state index in [-0.39, 0.29) is 58.3 Å². The summed E-state index contributed by atoms with van der Waals surface area (Å²) >= 11 is 0. The van der Waals surface area contributed by atoms with Crippen molar-refractivity contribution < 1.29 is 46.7 Å². The van der Waals surface area contributed by atoms with E-state index >= 15 is 0 Å². The molecule has 204 valence electrons. The summed E-state index contributed by atoms with van der Waals surface area (Å²) in [5.74, 6) is -8.06. The fourth-order valence-corrected chi connectivity index (χ4v) is 5.76. The van der Waals surface area contributed by atoms with Gasteiger partial charge in [-0.25, -0.2) is 8.42 Å². The summed E-state index contributed by atoms with van der Waals surface area (Å²) in [6, 6.07) is 6.59. The molecule has 2 aliphatic carbocycles. The van der Waals surface area contributed by atoms with E-state index in [9.17, 15) is 37.2 Å². The van der Waals surface area contributed by atoms with Crippen LogP contribution in [0.15, 0.2) is 46.2 Å². The summed E-state index contributed by atoms with van der Waals surface area (Å²) in [6.07, 6.45) is 0. The largest absolute Gasteiger partial charge is 0.383 e. The molecule has 4 rings (SSSR count). The zero-order chi connectivity index (χ0) is 28.5. The Morgan fingerprint density at radius 1 is 0.667 bits per heavy atom. The second-order valence-corrected chi connectivity index (χ2v) is 10.8. The van der Waals surface area contributed by atoms with Crippen LogP contribution in [-0.4, -0.2) is 83.9 Å². The Morgan fingerprint density at radius 2 is 1.03 bits per heavy atom. The second-order valence-electron chi connectivity index (χ2n) is 8.81. The number of hydrogen-bond donors (Lipinski definition) is 2. The van der Waals surface area contributed by atoms with E-state index in [0.717, 1.165) is 36.4 Å². The molecule has 2 aromatic carbocycles. The Labute approximate surface area is 223 Å². The van der Waals surface area contributed by atoms with Crippen LogP contribution in [0, 0.1) is 11.8 Å². The molecule has 0 fully saturated rings. The van der Waals surface area contributed by atoms with E-state index in [2.05, 4.69) is 10.6 Å². The molecule has 12 nitrogen and oxygen atoms in total. The maximum absolute atomic E-state index is 13.4. The van der Waals surface area contributed by atoms with Crippen molar-refractivity contribution >= 4 is 44.8 Å². The molecule has 2 unspecified atom stereocenters. The number of carbonyl (C=O) groups excluding carboxylic acids is 6. The molecule has 2 amide bonds. The molecule has 2 N–H and O–H groups in total. The van der Waals surface area contributed by atoms with Crippen LogP contribution >= 0.6 is 0 Å². The summed E-state index contributed by atoms with van der Waals surface area (Å²) in [5, 5.41) is 4.86. The smallest absolute Gasteiger partial charge is 0.239 e. The Kier molecular flexibility index (Phi) is 7.86. The number of nitrogens with one attached hydrogen (secondary N) is 2. The summed E-state index contributed by atoms with van der Waals surface area (Å²) < 4.78 is 36.5. The van der Waals surface area contributed by atoms with Gasteiger partial charge in [-0.2, -0.15) is 0 Å². The monoisotopic (exact) mass is 556 g/mol. The van der Waals surface area contributed by atoms with Crippen molar-refractivity contribution in [1.82, 2.24) is 10.6 Å². The Morgan fingerprint density at radius 3 is 1.38 bits per heavy atom. The van der Waals surface area contributed by atoms with E-state index in [4.69, 9.17) is 9.47 Å². The van der Waals surface area contributed by atoms with E-state index in [1.165, 1.54) is 14.2 Å². The summed E-state index contributed by atoms with van der Waals surface area (Å²) in [4.78, 5) is 75.3. The first-order valence-electron chi connectivity index (χ1n) is 11.8. The summed E-state index contributed by atoms with van der Waals surface area (Å²) in [5.41, 5.74) is -0.591. The van der Waals surface area contributed by atoms with Gasteiger partial charge in [0.05, 0.1) is 23.0 Å².